The number of ether oxygens (including phenoxy) is 1. The highest BCUT2D eigenvalue weighted by Crippen LogP contribution is 2.35. The minimum atomic E-state index is -0.683. The van der Waals surface area contributed by atoms with Gasteiger partial charge in [-0.2, -0.15) is 0 Å². The summed E-state index contributed by atoms with van der Waals surface area (Å²) >= 11 is 12.4. The Morgan fingerprint density at radius 2 is 1.90 bits per heavy atom. The van der Waals surface area contributed by atoms with Crippen molar-refractivity contribution in [3.8, 4) is 0 Å². The molecule has 0 aliphatic heterocycles. The van der Waals surface area contributed by atoms with Gasteiger partial charge in [0, 0.05) is 29.1 Å². The first-order valence-corrected chi connectivity index (χ1v) is 7.02. The molecule has 0 spiro atoms. The zero-order valence-electron chi connectivity index (χ0n) is 12.3. The van der Waals surface area contributed by atoms with Crippen molar-refractivity contribution in [2.75, 3.05) is 20.3 Å². The van der Waals surface area contributed by atoms with Crippen LogP contribution >= 0.6 is 35.6 Å². The van der Waals surface area contributed by atoms with Crippen molar-refractivity contribution < 1.29 is 9.53 Å². The summed E-state index contributed by atoms with van der Waals surface area (Å²) in [5.74, 6) is -0.261. The van der Waals surface area contributed by atoms with E-state index in [1.807, 2.05) is 13.8 Å². The standard InChI is InChI=1S/C14H20Cl2N2O2.ClH/c1-14(2,8-18-13(19)11(17)7-20-3)12-9(15)5-4-6-10(12)16;/h4-6,11H,7-8,17H2,1-3H3,(H,18,19);1H. The fourth-order valence-electron chi connectivity index (χ4n) is 1.93. The number of hydrogen-bond donors (Lipinski definition) is 2. The number of rotatable bonds is 6. The maximum Gasteiger partial charge on any atom is 0.239 e. The number of halogens is 3. The molecule has 1 amide bonds. The van der Waals surface area contributed by atoms with E-state index >= 15 is 0 Å². The van der Waals surface area contributed by atoms with Crippen LogP contribution < -0.4 is 11.1 Å². The largest absolute Gasteiger partial charge is 0.383 e. The van der Waals surface area contributed by atoms with E-state index in [1.165, 1.54) is 7.11 Å². The number of methoxy groups -OCH3 is 1. The Morgan fingerprint density at radius 3 is 2.38 bits per heavy atom. The topological polar surface area (TPSA) is 64.3 Å². The third kappa shape index (κ3) is 5.64. The average Bonchev–Trinajstić information content (AvgIpc) is 2.35. The van der Waals surface area contributed by atoms with Gasteiger partial charge in [-0.15, -0.1) is 12.4 Å². The molecule has 7 heteroatoms. The Morgan fingerprint density at radius 1 is 1.38 bits per heavy atom. The molecule has 1 aromatic carbocycles. The summed E-state index contributed by atoms with van der Waals surface area (Å²) in [6.07, 6.45) is 0. The molecule has 0 aliphatic carbocycles. The molecular weight excluding hydrogens is 335 g/mol. The van der Waals surface area contributed by atoms with Crippen LogP contribution in [0.5, 0.6) is 0 Å². The Bertz CT molecular complexity index is 461. The molecule has 0 saturated heterocycles. The zero-order chi connectivity index (χ0) is 15.3. The van der Waals surface area contributed by atoms with E-state index in [4.69, 9.17) is 33.7 Å². The van der Waals surface area contributed by atoms with Gasteiger partial charge in [0.25, 0.3) is 0 Å². The highest BCUT2D eigenvalue weighted by molar-refractivity contribution is 6.36. The van der Waals surface area contributed by atoms with Crippen molar-refractivity contribution in [1.82, 2.24) is 5.32 Å². The number of carbonyl (C=O) groups excluding carboxylic acids is 1. The van der Waals surface area contributed by atoms with Crippen molar-refractivity contribution in [3.63, 3.8) is 0 Å². The predicted octanol–water partition coefficient (Wildman–Crippen LogP) is 2.78. The lowest BCUT2D eigenvalue weighted by atomic mass is 9.84. The molecule has 0 heterocycles. The van der Waals surface area contributed by atoms with Crippen molar-refractivity contribution in [3.05, 3.63) is 33.8 Å². The molecule has 1 unspecified atom stereocenters. The van der Waals surface area contributed by atoms with Crippen LogP contribution in [0.3, 0.4) is 0 Å². The normalized spacial score (nSPS) is 12.5. The number of nitrogens with one attached hydrogen (secondary N) is 1. The van der Waals surface area contributed by atoms with Gasteiger partial charge < -0.3 is 15.8 Å². The molecule has 0 aliphatic rings. The first-order chi connectivity index (χ1) is 9.29. The fraction of sp³-hybridized carbons (Fsp3) is 0.500. The minimum Gasteiger partial charge on any atom is -0.383 e. The van der Waals surface area contributed by atoms with Crippen molar-refractivity contribution in [2.24, 2.45) is 5.73 Å². The van der Waals surface area contributed by atoms with E-state index in [9.17, 15) is 4.79 Å². The highest BCUT2D eigenvalue weighted by Gasteiger charge is 2.27. The lowest BCUT2D eigenvalue weighted by molar-refractivity contribution is -0.123. The highest BCUT2D eigenvalue weighted by atomic mass is 35.5. The smallest absolute Gasteiger partial charge is 0.239 e. The maximum absolute atomic E-state index is 11.8. The fourth-order valence-corrected chi connectivity index (χ4v) is 2.84. The van der Waals surface area contributed by atoms with Gasteiger partial charge in [0.2, 0.25) is 5.91 Å². The van der Waals surface area contributed by atoms with Crippen LogP contribution in [0.2, 0.25) is 10.0 Å². The molecule has 0 bridgehead atoms. The van der Waals surface area contributed by atoms with Gasteiger partial charge in [0.15, 0.2) is 0 Å². The maximum atomic E-state index is 11.8. The third-order valence-corrected chi connectivity index (χ3v) is 3.66. The summed E-state index contributed by atoms with van der Waals surface area (Å²) in [4.78, 5) is 11.8. The predicted molar refractivity (Wildman–Crippen MR) is 89.6 cm³/mol. The molecule has 0 radical (unpaired) electrons. The Hall–Kier alpha value is -0.520. The molecule has 0 saturated carbocycles. The number of benzene rings is 1. The van der Waals surface area contributed by atoms with Crippen LogP contribution in [0, 0.1) is 0 Å². The van der Waals surface area contributed by atoms with Crippen molar-refractivity contribution in [2.45, 2.75) is 25.3 Å². The van der Waals surface area contributed by atoms with Gasteiger partial charge in [-0.3, -0.25) is 4.79 Å². The van der Waals surface area contributed by atoms with Crippen LogP contribution in [0.4, 0.5) is 0 Å². The van der Waals surface area contributed by atoms with Crippen LogP contribution in [0.1, 0.15) is 19.4 Å². The van der Waals surface area contributed by atoms with E-state index in [2.05, 4.69) is 5.32 Å². The lowest BCUT2D eigenvalue weighted by Gasteiger charge is -2.28. The number of carbonyl (C=O) groups is 1. The Balaban J connectivity index is 0.00000400. The quantitative estimate of drug-likeness (QED) is 0.824. The van der Waals surface area contributed by atoms with E-state index in [-0.39, 0.29) is 24.9 Å². The summed E-state index contributed by atoms with van der Waals surface area (Å²) in [6.45, 7) is 4.48. The Labute approximate surface area is 141 Å². The molecule has 4 nitrogen and oxygen atoms in total. The van der Waals surface area contributed by atoms with Gasteiger partial charge >= 0.3 is 0 Å². The van der Waals surface area contributed by atoms with Gasteiger partial charge in [0.05, 0.1) is 6.61 Å². The summed E-state index contributed by atoms with van der Waals surface area (Å²) in [5.41, 5.74) is 6.07. The van der Waals surface area contributed by atoms with Gasteiger partial charge in [-0.25, -0.2) is 0 Å². The van der Waals surface area contributed by atoms with E-state index < -0.39 is 11.5 Å². The van der Waals surface area contributed by atoms with Crippen LogP contribution in [-0.2, 0) is 14.9 Å². The molecule has 21 heavy (non-hydrogen) atoms. The van der Waals surface area contributed by atoms with Gasteiger partial charge in [0.1, 0.15) is 6.04 Å². The number of amides is 1. The summed E-state index contributed by atoms with van der Waals surface area (Å²) in [6, 6.07) is 4.67. The van der Waals surface area contributed by atoms with Crippen molar-refractivity contribution >= 4 is 41.5 Å². The Kier molecular flexibility index (Phi) is 8.59. The molecule has 1 rings (SSSR count). The summed E-state index contributed by atoms with van der Waals surface area (Å²) in [5, 5.41) is 3.96. The lowest BCUT2D eigenvalue weighted by Crippen LogP contribution is -2.47. The number of nitrogens with two attached hydrogens (primary N) is 1. The molecule has 1 aromatic rings. The van der Waals surface area contributed by atoms with Crippen molar-refractivity contribution in [1.29, 1.82) is 0 Å². The number of hydrogen-bond acceptors (Lipinski definition) is 3. The monoisotopic (exact) mass is 354 g/mol. The average molecular weight is 356 g/mol. The van der Waals surface area contributed by atoms with Crippen LogP contribution in [-0.4, -0.2) is 32.2 Å². The third-order valence-electron chi connectivity index (χ3n) is 3.03. The first kappa shape index (κ1) is 20.5. The molecule has 3 N–H and O–H groups in total. The first-order valence-electron chi connectivity index (χ1n) is 6.26. The molecule has 1 atom stereocenters. The van der Waals surface area contributed by atoms with Gasteiger partial charge in [-0.1, -0.05) is 43.1 Å². The second kappa shape index (κ2) is 8.81. The van der Waals surface area contributed by atoms with E-state index in [0.29, 0.717) is 16.6 Å². The molecular formula is C14H21Cl3N2O2. The SMILES string of the molecule is COCC(N)C(=O)NCC(C)(C)c1c(Cl)cccc1Cl.Cl. The minimum absolute atomic E-state index is 0. The molecule has 120 valence electrons. The summed E-state index contributed by atoms with van der Waals surface area (Å²) in [7, 11) is 1.50. The van der Waals surface area contributed by atoms with Gasteiger partial charge in [-0.05, 0) is 17.7 Å². The second-order valence-electron chi connectivity index (χ2n) is 5.26. The second-order valence-corrected chi connectivity index (χ2v) is 6.07. The van der Waals surface area contributed by atoms with Crippen LogP contribution in [0.25, 0.3) is 0 Å². The van der Waals surface area contributed by atoms with Crippen LogP contribution in [0.15, 0.2) is 18.2 Å². The molecule has 0 aromatic heterocycles. The summed E-state index contributed by atoms with van der Waals surface area (Å²) < 4.78 is 4.85. The molecule has 0 fully saturated rings. The van der Waals surface area contributed by atoms with E-state index in [1.54, 1.807) is 18.2 Å². The zero-order valence-corrected chi connectivity index (χ0v) is 14.6. The van der Waals surface area contributed by atoms with E-state index in [0.717, 1.165) is 5.56 Å².